The van der Waals surface area contributed by atoms with Crippen molar-refractivity contribution in [2.45, 2.75) is 284 Å². The number of carbonyl (C=O) groups is 3. The summed E-state index contributed by atoms with van der Waals surface area (Å²) in [5, 5.41) is 0. The third-order valence-electron chi connectivity index (χ3n) is 12.3. The molecule has 0 saturated carbocycles. The Morgan fingerprint density at radius 2 is 0.522 bits per heavy atom. The molecule has 0 bridgehead atoms. The van der Waals surface area contributed by atoms with Gasteiger partial charge in [0.1, 0.15) is 13.2 Å². The summed E-state index contributed by atoms with van der Waals surface area (Å²) in [6.45, 7) is 6.54. The van der Waals surface area contributed by atoms with Gasteiger partial charge in [0.05, 0.1) is 0 Å². The molecule has 0 fully saturated rings. The highest BCUT2D eigenvalue weighted by molar-refractivity contribution is 5.71. The largest absolute Gasteiger partial charge is 0.462 e. The maximum Gasteiger partial charge on any atom is 0.306 e. The van der Waals surface area contributed by atoms with Gasteiger partial charge in [-0.05, 0) is 122 Å². The fourth-order valence-electron chi connectivity index (χ4n) is 7.92. The van der Waals surface area contributed by atoms with Gasteiger partial charge in [-0.25, -0.2) is 0 Å². The zero-order chi connectivity index (χ0) is 50.0. The van der Waals surface area contributed by atoms with Crippen LogP contribution < -0.4 is 0 Å². The summed E-state index contributed by atoms with van der Waals surface area (Å²) in [6.07, 6.45) is 74.2. The molecule has 0 unspecified atom stereocenters. The molecule has 0 N–H and O–H groups in total. The van der Waals surface area contributed by atoms with Crippen LogP contribution in [-0.2, 0) is 28.6 Å². The van der Waals surface area contributed by atoms with Gasteiger partial charge in [0.25, 0.3) is 0 Å². The molecule has 0 aromatic carbocycles. The smallest absolute Gasteiger partial charge is 0.306 e. The number of esters is 3. The molecule has 0 rings (SSSR count). The predicted molar refractivity (Wildman–Crippen MR) is 297 cm³/mol. The molecule has 0 spiro atoms. The highest BCUT2D eigenvalue weighted by Crippen LogP contribution is 2.14. The van der Waals surface area contributed by atoms with Crippen LogP contribution in [0.2, 0.25) is 0 Å². The van der Waals surface area contributed by atoms with Gasteiger partial charge in [-0.3, -0.25) is 14.4 Å². The van der Waals surface area contributed by atoms with Gasteiger partial charge in [0.15, 0.2) is 6.10 Å². The lowest BCUT2D eigenvalue weighted by Crippen LogP contribution is -2.30. The minimum atomic E-state index is -0.793. The number of carbonyl (C=O) groups excluding carboxylic acids is 3. The van der Waals surface area contributed by atoms with E-state index in [1.165, 1.54) is 122 Å². The first kappa shape index (κ1) is 65.6. The number of hydrogen-bond acceptors (Lipinski definition) is 6. The molecule has 69 heavy (non-hydrogen) atoms. The quantitative estimate of drug-likeness (QED) is 0.0262. The van der Waals surface area contributed by atoms with Gasteiger partial charge in [-0.15, -0.1) is 0 Å². The lowest BCUT2D eigenvalue weighted by molar-refractivity contribution is -0.167. The van der Waals surface area contributed by atoms with Crippen molar-refractivity contribution in [3.63, 3.8) is 0 Å². The highest BCUT2D eigenvalue weighted by atomic mass is 16.6. The van der Waals surface area contributed by atoms with E-state index in [9.17, 15) is 14.4 Å². The van der Waals surface area contributed by atoms with Crippen molar-refractivity contribution in [2.75, 3.05) is 13.2 Å². The van der Waals surface area contributed by atoms with Crippen LogP contribution in [0.3, 0.4) is 0 Å². The molecule has 0 aromatic rings. The predicted octanol–water partition coefficient (Wildman–Crippen LogP) is 19.5. The molecule has 0 amide bonds. The first-order valence-corrected chi connectivity index (χ1v) is 29.1. The van der Waals surface area contributed by atoms with Crippen LogP contribution in [0.15, 0.2) is 85.1 Å². The molecule has 0 saturated heterocycles. The Bertz CT molecular complexity index is 1330. The fraction of sp³-hybridized carbons (Fsp3) is 0.730. The Labute approximate surface area is 426 Å². The second kappa shape index (κ2) is 57.2. The Hall–Kier alpha value is -3.41. The molecular formula is C63H108O6. The van der Waals surface area contributed by atoms with E-state index in [1.807, 2.05) is 0 Å². The van der Waals surface area contributed by atoms with Gasteiger partial charge in [0.2, 0.25) is 0 Å². The molecule has 0 heterocycles. The normalized spacial score (nSPS) is 12.7. The monoisotopic (exact) mass is 961 g/mol. The maximum atomic E-state index is 12.9. The van der Waals surface area contributed by atoms with Gasteiger partial charge in [0, 0.05) is 19.3 Å². The molecule has 0 aliphatic rings. The van der Waals surface area contributed by atoms with E-state index in [0.29, 0.717) is 19.3 Å². The molecule has 1 atom stereocenters. The van der Waals surface area contributed by atoms with Crippen LogP contribution in [0.1, 0.15) is 278 Å². The first-order valence-electron chi connectivity index (χ1n) is 29.1. The highest BCUT2D eigenvalue weighted by Gasteiger charge is 2.19. The van der Waals surface area contributed by atoms with Crippen molar-refractivity contribution in [2.24, 2.45) is 0 Å². The Kier molecular flexibility index (Phi) is 54.3. The van der Waals surface area contributed by atoms with Crippen LogP contribution >= 0.6 is 0 Å². The van der Waals surface area contributed by atoms with E-state index in [0.717, 1.165) is 116 Å². The summed E-state index contributed by atoms with van der Waals surface area (Å²) in [5.41, 5.74) is 0. The van der Waals surface area contributed by atoms with E-state index in [4.69, 9.17) is 14.2 Å². The molecule has 0 aliphatic carbocycles. The van der Waals surface area contributed by atoms with E-state index in [-0.39, 0.29) is 31.1 Å². The van der Waals surface area contributed by atoms with E-state index >= 15 is 0 Å². The van der Waals surface area contributed by atoms with Crippen LogP contribution in [0.5, 0.6) is 0 Å². The van der Waals surface area contributed by atoms with Gasteiger partial charge >= 0.3 is 17.9 Å². The lowest BCUT2D eigenvalue weighted by atomic mass is 10.1. The van der Waals surface area contributed by atoms with Crippen molar-refractivity contribution in [3.05, 3.63) is 85.1 Å². The Balaban J connectivity index is 4.44. The number of rotatable bonds is 52. The molecular weight excluding hydrogens is 853 g/mol. The molecule has 396 valence electrons. The second-order valence-electron chi connectivity index (χ2n) is 19.2. The topological polar surface area (TPSA) is 78.9 Å². The van der Waals surface area contributed by atoms with Gasteiger partial charge in [-0.1, -0.05) is 221 Å². The number of allylic oxidation sites excluding steroid dienone is 14. The van der Waals surface area contributed by atoms with Crippen LogP contribution in [-0.4, -0.2) is 37.2 Å². The average molecular weight is 962 g/mol. The van der Waals surface area contributed by atoms with E-state index in [2.05, 4.69) is 106 Å². The molecule has 0 aliphatic heterocycles. The van der Waals surface area contributed by atoms with Crippen molar-refractivity contribution in [1.82, 2.24) is 0 Å². The molecule has 0 aromatic heterocycles. The molecule has 6 nitrogen and oxygen atoms in total. The summed E-state index contributed by atoms with van der Waals surface area (Å²) in [5.74, 6) is -0.919. The Morgan fingerprint density at radius 1 is 0.290 bits per heavy atom. The standard InChI is InChI=1S/C63H108O6/c1-4-7-10-13-16-19-22-25-28-30-31-33-35-38-41-44-47-50-53-56-62(65)68-59-60(58-67-61(64)55-52-49-46-43-40-37-34-27-24-21-18-15-12-9-6-3)69-63(66)57-54-51-48-45-42-39-36-32-29-26-23-20-17-14-11-8-5-2/h16-21,25-29,31,33-34,60H,4-15,22-24,30,32,35-59H2,1-3H3/b19-16-,20-17-,21-18-,28-25-,29-26-,33-31-,34-27-/t60-/m1/s1. The lowest BCUT2D eigenvalue weighted by Gasteiger charge is -2.18. The zero-order valence-electron chi connectivity index (χ0n) is 45.3. The van der Waals surface area contributed by atoms with Crippen LogP contribution in [0.25, 0.3) is 0 Å². The molecule has 6 heteroatoms. The minimum Gasteiger partial charge on any atom is -0.462 e. The second-order valence-corrected chi connectivity index (χ2v) is 19.2. The third kappa shape index (κ3) is 55.4. The summed E-state index contributed by atoms with van der Waals surface area (Å²) in [7, 11) is 0. The summed E-state index contributed by atoms with van der Waals surface area (Å²) in [4.78, 5) is 38.2. The van der Waals surface area contributed by atoms with Crippen molar-refractivity contribution in [3.8, 4) is 0 Å². The third-order valence-corrected chi connectivity index (χ3v) is 12.3. The van der Waals surface area contributed by atoms with E-state index < -0.39 is 6.10 Å². The summed E-state index contributed by atoms with van der Waals surface area (Å²) >= 11 is 0. The van der Waals surface area contributed by atoms with E-state index in [1.54, 1.807) is 0 Å². The first-order chi connectivity index (χ1) is 34.0. The SMILES string of the molecule is CCCCC/C=C\C/C=C\C/C=C\CCCCCCCCC(=O)OC[C@@H](COC(=O)CCCCCCC/C=C\C/C=C\CCCCC)OC(=O)CCCCCCCCC/C=C\C/C=C\CCCCC. The number of ether oxygens (including phenoxy) is 3. The minimum absolute atomic E-state index is 0.0913. The van der Waals surface area contributed by atoms with Crippen molar-refractivity contribution in [1.29, 1.82) is 0 Å². The zero-order valence-corrected chi connectivity index (χ0v) is 45.3. The van der Waals surface area contributed by atoms with Crippen molar-refractivity contribution >= 4 is 17.9 Å². The van der Waals surface area contributed by atoms with Crippen molar-refractivity contribution < 1.29 is 28.6 Å². The number of unbranched alkanes of at least 4 members (excludes halogenated alkanes) is 27. The maximum absolute atomic E-state index is 12.9. The average Bonchev–Trinajstić information content (AvgIpc) is 3.35. The summed E-state index contributed by atoms with van der Waals surface area (Å²) in [6, 6.07) is 0. The van der Waals surface area contributed by atoms with Crippen LogP contribution in [0.4, 0.5) is 0 Å². The molecule has 0 radical (unpaired) electrons. The summed E-state index contributed by atoms with van der Waals surface area (Å²) < 4.78 is 16.9. The fourth-order valence-corrected chi connectivity index (χ4v) is 7.92. The van der Waals surface area contributed by atoms with Gasteiger partial charge in [-0.2, -0.15) is 0 Å². The van der Waals surface area contributed by atoms with Gasteiger partial charge < -0.3 is 14.2 Å². The van der Waals surface area contributed by atoms with Crippen LogP contribution in [0, 0.1) is 0 Å². The Morgan fingerprint density at radius 3 is 0.812 bits per heavy atom. The number of hydrogen-bond donors (Lipinski definition) is 0.